The number of hydrogen-bond acceptors (Lipinski definition) is 19. The Morgan fingerprint density at radius 1 is 0.194 bits per heavy atom. The van der Waals surface area contributed by atoms with Crippen molar-refractivity contribution in [1.29, 1.82) is 0 Å². The standard InChI is InChI=1S/8C10H9NO.3Dy.NO3/c8*1-7-5-6-8-3-2-4-9(12)10(8)11-7;;;;2-1(3)4/h8*2-6,12H,1H3;;;;/q;;;;;;;;3*+3;-1/p-8. The van der Waals surface area contributed by atoms with E-state index >= 15 is 0 Å². The molecule has 0 saturated heterocycles. The van der Waals surface area contributed by atoms with Crippen molar-refractivity contribution in [3.05, 3.63) is 304 Å². The molecule has 0 N–H and O–H groups in total. The molecule has 23 heteroatoms. The molecule has 0 spiro atoms. The largest absolute Gasteiger partial charge is 3.00 e. The number of benzene rings is 8. The molecule has 0 aliphatic heterocycles. The van der Waals surface area contributed by atoms with E-state index in [9.17, 15) is 40.9 Å². The van der Waals surface area contributed by atoms with Gasteiger partial charge < -0.3 is 56.2 Å². The van der Waals surface area contributed by atoms with Crippen molar-refractivity contribution < 1.29 is 160 Å². The van der Waals surface area contributed by atoms with Crippen molar-refractivity contribution in [2.24, 2.45) is 0 Å². The van der Waals surface area contributed by atoms with E-state index in [2.05, 4.69) is 39.9 Å². The summed E-state index contributed by atoms with van der Waals surface area (Å²) < 4.78 is 0. The van der Waals surface area contributed by atoms with Crippen LogP contribution in [0.1, 0.15) is 45.6 Å². The first-order valence-corrected chi connectivity index (χ1v) is 31.0. The van der Waals surface area contributed by atoms with E-state index in [1.54, 1.807) is 48.5 Å². The van der Waals surface area contributed by atoms with Gasteiger partial charge in [-0.1, -0.05) is 240 Å². The summed E-state index contributed by atoms with van der Waals surface area (Å²) in [6, 6.07) is 72.0. The van der Waals surface area contributed by atoms with Gasteiger partial charge in [0.25, 0.3) is 0 Å². The summed E-state index contributed by atoms with van der Waals surface area (Å²) in [7, 11) is 0. The van der Waals surface area contributed by atoms with Crippen molar-refractivity contribution >= 4 is 87.2 Å². The van der Waals surface area contributed by atoms with Gasteiger partial charge in [-0.3, -0.25) is 39.9 Å². The summed E-state index contributed by atoms with van der Waals surface area (Å²) in [5.74, 6) is -0.0281. The number of para-hydroxylation sites is 8. The molecule has 8 heterocycles. The fraction of sp³-hybridized carbons (Fsp3) is 0.100. The van der Waals surface area contributed by atoms with Crippen LogP contribution in [0.25, 0.3) is 87.2 Å². The number of rotatable bonds is 0. The molecule has 0 atom stereocenters. The molecule has 0 aliphatic rings. The van der Waals surface area contributed by atoms with Gasteiger partial charge in [-0.15, -0.1) is 0 Å². The van der Waals surface area contributed by atoms with Gasteiger partial charge in [0.15, 0.2) is 0 Å². The third kappa shape index (κ3) is 24.9. The van der Waals surface area contributed by atoms with E-state index in [1.807, 2.05) is 201 Å². The predicted octanol–water partition coefficient (Wildman–Crippen LogP) is 12.7. The SMILES string of the molecule is Cc1ccc2cccc([O-])c2n1.Cc1ccc2cccc([O-])c2n1.Cc1ccc2cccc([O-])c2n1.Cc1ccc2cccc([O-])c2n1.Cc1ccc2cccc([O-])c2n1.Cc1ccc2cccc([O-])c2n1.Cc1ccc2cccc([O-])c2n1.Cc1ccc2cccc([O-])c2n1.O=[N+]([O-])[O-].[Dy+3].[Dy+3].[Dy+3]. The zero-order valence-electron chi connectivity index (χ0n) is 56.6. The van der Waals surface area contributed by atoms with Crippen molar-refractivity contribution in [2.45, 2.75) is 55.4 Å². The van der Waals surface area contributed by atoms with Crippen LogP contribution in [0.3, 0.4) is 0 Å². The molecule has 3 radical (unpaired) electrons. The van der Waals surface area contributed by atoms with Gasteiger partial charge in [-0.05, 0) is 147 Å². The molecule has 8 aromatic heterocycles. The van der Waals surface area contributed by atoms with E-state index in [1.165, 1.54) is 48.5 Å². The van der Waals surface area contributed by atoms with Crippen LogP contribution in [-0.4, -0.2) is 45.0 Å². The molecule has 20 nitrogen and oxygen atoms in total. The number of aryl methyl sites for hydroxylation is 8. The zero-order valence-corrected chi connectivity index (χ0v) is 62.6. The van der Waals surface area contributed by atoms with Crippen LogP contribution in [-0.2, 0) is 0 Å². The minimum Gasteiger partial charge on any atom is -0.871 e. The molecule has 103 heavy (non-hydrogen) atoms. The summed E-state index contributed by atoms with van der Waals surface area (Å²) >= 11 is 0. The second-order valence-electron chi connectivity index (χ2n) is 22.5. The topological polar surface area (TPSA) is 354 Å². The maximum atomic E-state index is 11.3. The number of nitrogens with zero attached hydrogens (tertiary/aromatic N) is 9. The Labute approximate surface area is 684 Å². The average Bonchev–Trinajstić information content (AvgIpc) is 0.910. The molecule has 0 fully saturated rings. The first kappa shape index (κ1) is 84.1. The molecule has 16 rings (SSSR count). The summed E-state index contributed by atoms with van der Waals surface area (Å²) in [6.07, 6.45) is 0. The fourth-order valence-corrected chi connectivity index (χ4v) is 9.74. The summed E-state index contributed by atoms with van der Waals surface area (Å²) in [5.41, 5.74) is 11.6. The molecule has 0 saturated carbocycles. The molecule has 525 valence electrons. The van der Waals surface area contributed by atoms with Crippen LogP contribution in [0.15, 0.2) is 243 Å². The summed E-state index contributed by atoms with van der Waals surface area (Å²) in [5, 5.41) is 112. The minimum absolute atomic E-state index is 0. The first-order valence-electron chi connectivity index (χ1n) is 31.0. The molecule has 0 unspecified atom stereocenters. The average molecular weight is 1810 g/mol. The van der Waals surface area contributed by atoms with E-state index in [-0.39, 0.29) is 161 Å². The Kier molecular flexibility index (Phi) is 33.4. The number of hydrogen-bond donors (Lipinski definition) is 0. The smallest absolute Gasteiger partial charge is 0.871 e. The van der Waals surface area contributed by atoms with E-state index in [4.69, 9.17) is 15.3 Å². The Morgan fingerprint density at radius 2 is 0.291 bits per heavy atom. The summed E-state index contributed by atoms with van der Waals surface area (Å²) in [6.45, 7) is 15.0. The van der Waals surface area contributed by atoms with Gasteiger partial charge in [0.1, 0.15) is 0 Å². The van der Waals surface area contributed by atoms with Crippen LogP contribution in [0.4, 0.5) is 0 Å². The fourth-order valence-electron chi connectivity index (χ4n) is 9.74. The van der Waals surface area contributed by atoms with Gasteiger partial charge in [0.2, 0.25) is 0 Å². The van der Waals surface area contributed by atoms with Crippen molar-refractivity contribution in [1.82, 2.24) is 39.9 Å². The molecule has 0 bridgehead atoms. The van der Waals surface area contributed by atoms with E-state index < -0.39 is 5.09 Å². The van der Waals surface area contributed by atoms with Crippen molar-refractivity contribution in [3.63, 3.8) is 0 Å². The Bertz CT molecular complexity index is 4530. The Morgan fingerprint density at radius 3 is 0.388 bits per heavy atom. The normalized spacial score (nSPS) is 9.94. The Balaban J connectivity index is 0.000000209. The molecular formula is C80H64Dy3N9O11. The zero-order chi connectivity index (χ0) is 72.0. The quantitative estimate of drug-likeness (QED) is 0.100. The van der Waals surface area contributed by atoms with Crippen LogP contribution in [0.5, 0.6) is 46.0 Å². The van der Waals surface area contributed by atoms with Crippen molar-refractivity contribution in [3.8, 4) is 46.0 Å². The van der Waals surface area contributed by atoms with Crippen LogP contribution in [0.2, 0.25) is 0 Å². The van der Waals surface area contributed by atoms with Gasteiger partial charge in [-0.25, -0.2) is 0 Å². The summed E-state index contributed by atoms with van der Waals surface area (Å²) in [4.78, 5) is 41.6. The van der Waals surface area contributed by atoms with E-state index in [0.717, 1.165) is 88.6 Å². The first-order chi connectivity index (χ1) is 47.9. The second-order valence-corrected chi connectivity index (χ2v) is 22.5. The van der Waals surface area contributed by atoms with Crippen molar-refractivity contribution in [2.75, 3.05) is 0 Å². The van der Waals surface area contributed by atoms with Gasteiger partial charge in [0, 0.05) is 45.6 Å². The van der Waals surface area contributed by atoms with E-state index in [0.29, 0.717) is 44.1 Å². The number of aromatic nitrogens is 8. The van der Waals surface area contributed by atoms with Crippen LogP contribution in [0, 0.1) is 185 Å². The van der Waals surface area contributed by atoms with Gasteiger partial charge in [0.05, 0.1) is 49.2 Å². The van der Waals surface area contributed by atoms with Crippen LogP contribution >= 0.6 is 0 Å². The predicted molar refractivity (Wildman–Crippen MR) is 378 cm³/mol. The number of pyridine rings is 8. The Hall–Kier alpha value is -9.54. The number of fused-ring (bicyclic) bond motifs is 8. The monoisotopic (exact) mass is 1820 g/mol. The minimum atomic E-state index is -1.75. The van der Waals surface area contributed by atoms with Crippen LogP contribution < -0.4 is 40.9 Å². The molecule has 8 aromatic carbocycles. The van der Waals surface area contributed by atoms with Gasteiger partial charge in [-0.2, -0.15) is 0 Å². The second kappa shape index (κ2) is 40.9. The molecular weight excluding hydrogens is 1750 g/mol. The third-order valence-electron chi connectivity index (χ3n) is 14.6. The molecule has 16 aromatic rings. The molecule has 0 amide bonds. The van der Waals surface area contributed by atoms with Gasteiger partial charge >= 0.3 is 115 Å². The maximum Gasteiger partial charge on any atom is 3.00 e. The molecule has 0 aliphatic carbocycles. The third-order valence-corrected chi connectivity index (χ3v) is 14.6. The maximum absolute atomic E-state index is 11.3.